The summed E-state index contributed by atoms with van der Waals surface area (Å²) in [4.78, 5) is 12.1. The number of rotatable bonds is 7. The first-order valence-electron chi connectivity index (χ1n) is 7.78. The lowest BCUT2D eigenvalue weighted by atomic mass is 10.2. The van der Waals surface area contributed by atoms with E-state index < -0.39 is 10.0 Å². The van der Waals surface area contributed by atoms with E-state index in [2.05, 4.69) is 5.32 Å². The summed E-state index contributed by atoms with van der Waals surface area (Å²) in [6.45, 7) is 2.01. The van der Waals surface area contributed by atoms with Crippen LogP contribution in [0.15, 0.2) is 48.5 Å². The average Bonchev–Trinajstić information content (AvgIpc) is 2.56. The Morgan fingerprint density at radius 1 is 1.16 bits per heavy atom. The molecule has 2 rings (SSSR count). The Morgan fingerprint density at radius 3 is 2.44 bits per heavy atom. The van der Waals surface area contributed by atoms with Gasteiger partial charge < -0.3 is 10.1 Å². The van der Waals surface area contributed by atoms with E-state index >= 15 is 0 Å². The predicted octanol–water partition coefficient (Wildman–Crippen LogP) is 2.80. The van der Waals surface area contributed by atoms with E-state index in [4.69, 9.17) is 4.74 Å². The third kappa shape index (κ3) is 5.49. The Morgan fingerprint density at radius 2 is 1.84 bits per heavy atom. The highest BCUT2D eigenvalue weighted by atomic mass is 32.2. The zero-order chi connectivity index (χ0) is 18.4. The van der Waals surface area contributed by atoms with Crippen molar-refractivity contribution < 1.29 is 17.9 Å². The molecule has 0 spiro atoms. The van der Waals surface area contributed by atoms with Crippen LogP contribution in [0, 0.1) is 6.92 Å². The molecule has 6 nitrogen and oxygen atoms in total. The third-order valence-electron chi connectivity index (χ3n) is 3.62. The molecule has 1 amide bonds. The molecule has 0 aliphatic carbocycles. The van der Waals surface area contributed by atoms with Crippen molar-refractivity contribution in [3.8, 4) is 5.75 Å². The van der Waals surface area contributed by atoms with Crippen LogP contribution < -0.4 is 14.4 Å². The minimum atomic E-state index is -3.52. The van der Waals surface area contributed by atoms with Crippen molar-refractivity contribution in [1.82, 2.24) is 0 Å². The molecule has 0 atom stereocenters. The third-order valence-corrected chi connectivity index (χ3v) is 4.81. The number of benzene rings is 2. The summed E-state index contributed by atoms with van der Waals surface area (Å²) in [6, 6.07) is 14.1. The molecule has 0 saturated heterocycles. The van der Waals surface area contributed by atoms with Gasteiger partial charge in [-0.25, -0.2) is 8.42 Å². The van der Waals surface area contributed by atoms with Crippen LogP contribution in [0.4, 0.5) is 11.4 Å². The molecule has 2 aromatic rings. The molecule has 0 fully saturated rings. The second-order valence-corrected chi connectivity index (χ2v) is 7.61. The molecule has 0 saturated carbocycles. The van der Waals surface area contributed by atoms with E-state index in [1.165, 1.54) is 11.4 Å². The fourth-order valence-corrected chi connectivity index (χ4v) is 3.23. The van der Waals surface area contributed by atoms with Crippen LogP contribution in [0.1, 0.15) is 12.0 Å². The first kappa shape index (κ1) is 18.8. The summed E-state index contributed by atoms with van der Waals surface area (Å²) in [7, 11) is -2.01. The Hall–Kier alpha value is -2.54. The largest absolute Gasteiger partial charge is 0.497 e. The highest BCUT2D eigenvalue weighted by Crippen LogP contribution is 2.23. The lowest BCUT2D eigenvalue weighted by molar-refractivity contribution is -0.116. The summed E-state index contributed by atoms with van der Waals surface area (Å²) >= 11 is 0. The molecule has 0 bridgehead atoms. The zero-order valence-corrected chi connectivity index (χ0v) is 15.3. The quantitative estimate of drug-likeness (QED) is 0.822. The van der Waals surface area contributed by atoms with E-state index in [9.17, 15) is 13.2 Å². The maximum absolute atomic E-state index is 12.1. The molecule has 0 aliphatic heterocycles. The van der Waals surface area contributed by atoms with Crippen molar-refractivity contribution >= 4 is 27.3 Å². The molecular weight excluding hydrogens is 340 g/mol. The first-order chi connectivity index (χ1) is 11.8. The Bertz CT molecular complexity index is 832. The second-order valence-electron chi connectivity index (χ2n) is 5.70. The van der Waals surface area contributed by atoms with E-state index in [-0.39, 0.29) is 18.9 Å². The predicted molar refractivity (Wildman–Crippen MR) is 99.6 cm³/mol. The van der Waals surface area contributed by atoms with E-state index in [0.29, 0.717) is 17.1 Å². The lowest BCUT2D eigenvalue weighted by Gasteiger charge is -2.22. The SMILES string of the molecule is COc1cccc(N(CCC(=O)Nc2ccc(C)cc2)S(C)(=O)=O)c1. The molecular formula is C18H22N2O4S. The topological polar surface area (TPSA) is 75.7 Å². The average molecular weight is 362 g/mol. The molecule has 0 aliphatic rings. The first-order valence-corrected chi connectivity index (χ1v) is 9.63. The highest BCUT2D eigenvalue weighted by Gasteiger charge is 2.19. The van der Waals surface area contributed by atoms with Crippen LogP contribution in [0.25, 0.3) is 0 Å². The normalized spacial score (nSPS) is 11.0. The van der Waals surface area contributed by atoms with Crippen molar-refractivity contribution in [2.75, 3.05) is 29.5 Å². The number of anilines is 2. The minimum absolute atomic E-state index is 0.0398. The minimum Gasteiger partial charge on any atom is -0.497 e. The number of carbonyl (C=O) groups is 1. The van der Waals surface area contributed by atoms with Crippen molar-refractivity contribution in [3.63, 3.8) is 0 Å². The summed E-state index contributed by atoms with van der Waals surface area (Å²) < 4.78 is 30.5. The number of amides is 1. The maximum atomic E-state index is 12.1. The van der Waals surface area contributed by atoms with E-state index in [0.717, 1.165) is 11.8 Å². The summed E-state index contributed by atoms with van der Waals surface area (Å²) in [6.07, 6.45) is 1.16. The van der Waals surface area contributed by atoms with Crippen LogP contribution in [0.2, 0.25) is 0 Å². The van der Waals surface area contributed by atoms with Crippen LogP contribution in [-0.2, 0) is 14.8 Å². The van der Waals surface area contributed by atoms with Gasteiger partial charge in [0.05, 0.1) is 19.1 Å². The van der Waals surface area contributed by atoms with Crippen LogP contribution >= 0.6 is 0 Å². The van der Waals surface area contributed by atoms with Crippen molar-refractivity contribution in [2.45, 2.75) is 13.3 Å². The maximum Gasteiger partial charge on any atom is 0.232 e. The van der Waals surface area contributed by atoms with Gasteiger partial charge in [-0.05, 0) is 31.2 Å². The fourth-order valence-electron chi connectivity index (χ4n) is 2.32. The zero-order valence-electron chi connectivity index (χ0n) is 14.5. The number of nitrogens with one attached hydrogen (secondary N) is 1. The van der Waals surface area contributed by atoms with Crippen LogP contribution in [0.3, 0.4) is 0 Å². The summed E-state index contributed by atoms with van der Waals surface area (Å²) in [5, 5.41) is 2.76. The van der Waals surface area contributed by atoms with Crippen LogP contribution in [-0.4, -0.2) is 34.2 Å². The van der Waals surface area contributed by atoms with Gasteiger partial charge in [0.2, 0.25) is 15.9 Å². The molecule has 0 aromatic heterocycles. The number of aryl methyl sites for hydroxylation is 1. The Kier molecular flexibility index (Phi) is 6.03. The van der Waals surface area contributed by atoms with Crippen LogP contribution in [0.5, 0.6) is 5.75 Å². The van der Waals surface area contributed by atoms with Gasteiger partial charge in [-0.3, -0.25) is 9.10 Å². The van der Waals surface area contributed by atoms with Gasteiger partial charge in [0.15, 0.2) is 0 Å². The molecule has 2 aromatic carbocycles. The standard InChI is InChI=1S/C18H22N2O4S/c1-14-7-9-15(10-8-14)19-18(21)11-12-20(25(3,22)23)16-5-4-6-17(13-16)24-2/h4-10,13H,11-12H2,1-3H3,(H,19,21). The highest BCUT2D eigenvalue weighted by molar-refractivity contribution is 7.92. The number of hydrogen-bond acceptors (Lipinski definition) is 4. The van der Waals surface area contributed by atoms with Crippen molar-refractivity contribution in [2.24, 2.45) is 0 Å². The smallest absolute Gasteiger partial charge is 0.232 e. The van der Waals surface area contributed by atoms with Gasteiger partial charge in [-0.2, -0.15) is 0 Å². The van der Waals surface area contributed by atoms with Gasteiger partial charge in [-0.15, -0.1) is 0 Å². The molecule has 0 heterocycles. The van der Waals surface area contributed by atoms with Gasteiger partial charge >= 0.3 is 0 Å². The Labute approximate surface area is 148 Å². The number of hydrogen-bond donors (Lipinski definition) is 1. The number of nitrogens with zero attached hydrogens (tertiary/aromatic N) is 1. The molecule has 7 heteroatoms. The number of methoxy groups -OCH3 is 1. The van der Waals surface area contributed by atoms with Crippen molar-refractivity contribution in [1.29, 1.82) is 0 Å². The molecule has 0 radical (unpaired) electrons. The summed E-state index contributed by atoms with van der Waals surface area (Å²) in [5.41, 5.74) is 2.24. The van der Waals surface area contributed by atoms with Gasteiger partial charge in [0.25, 0.3) is 0 Å². The summed E-state index contributed by atoms with van der Waals surface area (Å²) in [5.74, 6) is 0.302. The number of carbonyl (C=O) groups excluding carboxylic acids is 1. The van der Waals surface area contributed by atoms with Gasteiger partial charge in [0.1, 0.15) is 5.75 Å². The van der Waals surface area contributed by atoms with E-state index in [1.54, 1.807) is 24.3 Å². The lowest BCUT2D eigenvalue weighted by Crippen LogP contribution is -2.33. The Balaban J connectivity index is 2.07. The number of ether oxygens (including phenoxy) is 1. The van der Waals surface area contributed by atoms with Crippen molar-refractivity contribution in [3.05, 3.63) is 54.1 Å². The molecule has 1 N–H and O–H groups in total. The van der Waals surface area contributed by atoms with Gasteiger partial charge in [-0.1, -0.05) is 23.8 Å². The fraction of sp³-hybridized carbons (Fsp3) is 0.278. The second kappa shape index (κ2) is 8.02. The molecule has 25 heavy (non-hydrogen) atoms. The van der Waals surface area contributed by atoms with Gasteiger partial charge in [0, 0.05) is 24.7 Å². The monoisotopic (exact) mass is 362 g/mol. The molecule has 134 valence electrons. The van der Waals surface area contributed by atoms with E-state index in [1.807, 2.05) is 31.2 Å². The molecule has 0 unspecified atom stereocenters. The number of sulfonamides is 1.